The third kappa shape index (κ3) is 1.71. The molecule has 84 valence electrons. The molecule has 0 aromatic carbocycles. The Morgan fingerprint density at radius 1 is 1.44 bits per heavy atom. The monoisotopic (exact) mass is 215 g/mol. The minimum atomic E-state index is 0.152. The van der Waals surface area contributed by atoms with Crippen LogP contribution in [0.2, 0.25) is 0 Å². The molecule has 1 aliphatic carbocycles. The molecular formula is C13H17N3. The summed E-state index contributed by atoms with van der Waals surface area (Å²) in [5.74, 6) is 1.05. The minimum absolute atomic E-state index is 0.152. The lowest BCUT2D eigenvalue weighted by Gasteiger charge is -2.08. The molecule has 0 saturated heterocycles. The predicted molar refractivity (Wildman–Crippen MR) is 64.4 cm³/mol. The van der Waals surface area contributed by atoms with Crippen LogP contribution in [0.5, 0.6) is 0 Å². The summed E-state index contributed by atoms with van der Waals surface area (Å²) < 4.78 is 2.14. The van der Waals surface area contributed by atoms with Gasteiger partial charge in [-0.3, -0.25) is 0 Å². The zero-order valence-electron chi connectivity index (χ0n) is 9.61. The zero-order chi connectivity index (χ0) is 11.2. The molecule has 16 heavy (non-hydrogen) atoms. The first-order valence-corrected chi connectivity index (χ1v) is 5.88. The summed E-state index contributed by atoms with van der Waals surface area (Å²) >= 11 is 0. The van der Waals surface area contributed by atoms with Crippen LogP contribution < -0.4 is 5.73 Å². The maximum absolute atomic E-state index is 6.10. The van der Waals surface area contributed by atoms with Crippen LogP contribution in [0, 0.1) is 6.92 Å². The fraction of sp³-hybridized carbons (Fsp3) is 0.462. The number of nitrogens with zero attached hydrogens (tertiary/aromatic N) is 2. The quantitative estimate of drug-likeness (QED) is 0.851. The Bertz CT molecular complexity index is 523. The van der Waals surface area contributed by atoms with Crippen molar-refractivity contribution in [2.45, 2.75) is 38.1 Å². The van der Waals surface area contributed by atoms with E-state index in [0.29, 0.717) is 0 Å². The second-order valence-electron chi connectivity index (χ2n) is 5.00. The maximum Gasteiger partial charge on any atom is 0.110 e. The van der Waals surface area contributed by atoms with Gasteiger partial charge in [-0.05, 0) is 44.2 Å². The highest BCUT2D eigenvalue weighted by Gasteiger charge is 2.37. The molecule has 0 atom stereocenters. The fourth-order valence-corrected chi connectivity index (χ4v) is 2.12. The van der Waals surface area contributed by atoms with E-state index in [1.54, 1.807) is 0 Å². The molecule has 0 bridgehead atoms. The van der Waals surface area contributed by atoms with E-state index in [-0.39, 0.29) is 5.54 Å². The van der Waals surface area contributed by atoms with Crippen molar-refractivity contribution in [2.75, 3.05) is 0 Å². The van der Waals surface area contributed by atoms with Crippen molar-refractivity contribution in [2.24, 2.45) is 5.73 Å². The van der Waals surface area contributed by atoms with Crippen LogP contribution in [0.15, 0.2) is 24.5 Å². The van der Waals surface area contributed by atoms with Crippen molar-refractivity contribution in [3.8, 4) is 0 Å². The SMILES string of the molecule is Cc1ncc2ccc(CCC3(N)CC3)cn12. The van der Waals surface area contributed by atoms with Gasteiger partial charge in [-0.15, -0.1) is 0 Å². The summed E-state index contributed by atoms with van der Waals surface area (Å²) in [6, 6.07) is 4.31. The second kappa shape index (κ2) is 3.32. The summed E-state index contributed by atoms with van der Waals surface area (Å²) in [6.07, 6.45) is 8.66. The van der Waals surface area contributed by atoms with Crippen LogP contribution in [0.25, 0.3) is 5.52 Å². The summed E-state index contributed by atoms with van der Waals surface area (Å²) in [5, 5.41) is 0. The Morgan fingerprint density at radius 3 is 3.00 bits per heavy atom. The van der Waals surface area contributed by atoms with E-state index in [4.69, 9.17) is 5.73 Å². The van der Waals surface area contributed by atoms with Crippen molar-refractivity contribution in [3.05, 3.63) is 35.9 Å². The van der Waals surface area contributed by atoms with E-state index < -0.39 is 0 Å². The number of nitrogens with two attached hydrogens (primary N) is 1. The average molecular weight is 215 g/mol. The molecule has 2 aromatic heterocycles. The zero-order valence-corrected chi connectivity index (χ0v) is 9.61. The van der Waals surface area contributed by atoms with E-state index >= 15 is 0 Å². The van der Waals surface area contributed by atoms with E-state index in [2.05, 4.69) is 27.7 Å². The van der Waals surface area contributed by atoms with Crippen molar-refractivity contribution in [3.63, 3.8) is 0 Å². The molecule has 2 heterocycles. The van der Waals surface area contributed by atoms with Gasteiger partial charge in [-0.25, -0.2) is 4.98 Å². The van der Waals surface area contributed by atoms with Crippen molar-refractivity contribution < 1.29 is 0 Å². The van der Waals surface area contributed by atoms with Gasteiger partial charge in [-0.1, -0.05) is 6.07 Å². The average Bonchev–Trinajstić information content (AvgIpc) is 2.92. The molecule has 1 saturated carbocycles. The van der Waals surface area contributed by atoms with Crippen LogP contribution in [-0.2, 0) is 6.42 Å². The number of rotatable bonds is 3. The van der Waals surface area contributed by atoms with Gasteiger partial charge in [0.1, 0.15) is 5.82 Å². The first kappa shape index (κ1) is 9.85. The highest BCUT2D eigenvalue weighted by atomic mass is 15.0. The lowest BCUT2D eigenvalue weighted by Crippen LogP contribution is -2.22. The lowest BCUT2D eigenvalue weighted by atomic mass is 10.1. The Kier molecular flexibility index (Phi) is 2.04. The molecule has 2 aromatic rings. The molecular weight excluding hydrogens is 198 g/mol. The van der Waals surface area contributed by atoms with Gasteiger partial charge in [0.2, 0.25) is 0 Å². The molecule has 0 amide bonds. The van der Waals surface area contributed by atoms with Gasteiger partial charge in [0.25, 0.3) is 0 Å². The van der Waals surface area contributed by atoms with Gasteiger partial charge in [0.05, 0.1) is 11.7 Å². The summed E-state index contributed by atoms with van der Waals surface area (Å²) in [6.45, 7) is 2.03. The summed E-state index contributed by atoms with van der Waals surface area (Å²) in [4.78, 5) is 4.30. The number of fused-ring (bicyclic) bond motifs is 1. The third-order valence-electron chi connectivity index (χ3n) is 3.58. The molecule has 1 aliphatic rings. The fourth-order valence-electron chi connectivity index (χ4n) is 2.12. The molecule has 0 unspecified atom stereocenters. The molecule has 0 aliphatic heterocycles. The van der Waals surface area contributed by atoms with E-state index in [1.165, 1.54) is 18.4 Å². The number of aryl methyl sites for hydroxylation is 2. The van der Waals surface area contributed by atoms with Crippen LogP contribution in [-0.4, -0.2) is 14.9 Å². The smallest absolute Gasteiger partial charge is 0.110 e. The topological polar surface area (TPSA) is 43.3 Å². The normalized spacial score (nSPS) is 17.9. The highest BCUT2D eigenvalue weighted by Crippen LogP contribution is 2.36. The second-order valence-corrected chi connectivity index (χ2v) is 5.00. The number of imidazole rings is 1. The van der Waals surface area contributed by atoms with Crippen LogP contribution in [0.4, 0.5) is 0 Å². The van der Waals surface area contributed by atoms with E-state index in [0.717, 1.165) is 24.2 Å². The van der Waals surface area contributed by atoms with Crippen LogP contribution in [0.3, 0.4) is 0 Å². The van der Waals surface area contributed by atoms with Gasteiger partial charge in [-0.2, -0.15) is 0 Å². The largest absolute Gasteiger partial charge is 0.325 e. The Hall–Kier alpha value is -1.35. The third-order valence-corrected chi connectivity index (χ3v) is 3.58. The number of hydrogen-bond donors (Lipinski definition) is 1. The number of hydrogen-bond acceptors (Lipinski definition) is 2. The Balaban J connectivity index is 1.83. The predicted octanol–water partition coefficient (Wildman–Crippen LogP) is 2.07. The summed E-state index contributed by atoms with van der Waals surface area (Å²) in [5.41, 5.74) is 8.76. The first-order chi connectivity index (χ1) is 7.66. The molecule has 0 spiro atoms. The van der Waals surface area contributed by atoms with E-state index in [1.807, 2.05) is 13.1 Å². The van der Waals surface area contributed by atoms with Gasteiger partial charge >= 0.3 is 0 Å². The number of pyridine rings is 1. The van der Waals surface area contributed by atoms with Gasteiger partial charge in [0.15, 0.2) is 0 Å². The molecule has 3 nitrogen and oxygen atoms in total. The molecule has 1 fully saturated rings. The van der Waals surface area contributed by atoms with Crippen LogP contribution >= 0.6 is 0 Å². The number of aromatic nitrogens is 2. The first-order valence-electron chi connectivity index (χ1n) is 5.88. The highest BCUT2D eigenvalue weighted by molar-refractivity contribution is 5.46. The Labute approximate surface area is 95.3 Å². The standard InChI is InChI=1S/C13H17N3/c1-10-15-8-12-3-2-11(9-16(10)12)4-5-13(14)6-7-13/h2-3,8-9H,4-7,14H2,1H3. The van der Waals surface area contributed by atoms with Crippen molar-refractivity contribution in [1.29, 1.82) is 0 Å². The van der Waals surface area contributed by atoms with Crippen molar-refractivity contribution >= 4 is 5.52 Å². The molecule has 3 rings (SSSR count). The van der Waals surface area contributed by atoms with Gasteiger partial charge in [0, 0.05) is 11.7 Å². The van der Waals surface area contributed by atoms with Crippen LogP contribution in [0.1, 0.15) is 30.7 Å². The van der Waals surface area contributed by atoms with E-state index in [9.17, 15) is 0 Å². The molecule has 0 radical (unpaired) electrons. The Morgan fingerprint density at radius 2 is 2.25 bits per heavy atom. The van der Waals surface area contributed by atoms with Gasteiger partial charge < -0.3 is 10.1 Å². The maximum atomic E-state index is 6.10. The minimum Gasteiger partial charge on any atom is -0.325 e. The molecule has 2 N–H and O–H groups in total. The summed E-state index contributed by atoms with van der Waals surface area (Å²) in [7, 11) is 0. The lowest BCUT2D eigenvalue weighted by molar-refractivity contribution is 0.608. The molecule has 3 heteroatoms. The van der Waals surface area contributed by atoms with Crippen molar-refractivity contribution in [1.82, 2.24) is 9.38 Å².